The number of benzene rings is 3. The SMILES string of the molecule is C[C@]12CC[C@H]3[C@]4(C=C[C@@]5(C=C4C(=O)c4cccc(C(F)(F)F)c4)CC(O)CC[C@]35C)[C@@H]1CC[C@@]2(O)CN(Cc1ccc(OC(F)(F)F)cc1)C(=O)Nc1ccccc1. The van der Waals surface area contributed by atoms with Crippen molar-refractivity contribution in [1.29, 1.82) is 0 Å². The van der Waals surface area contributed by atoms with Gasteiger partial charge in [0, 0.05) is 39.6 Å². The van der Waals surface area contributed by atoms with E-state index in [1.54, 1.807) is 30.3 Å². The standard InChI is InChI=1S/C45H46F6N2O5/c1-39-18-15-32(54)24-41(39)21-22-43(34(25-41)37(55)29-7-6-8-30(23-29)44(46,47)48)35(39)16-19-40(2)36(43)17-20-42(40,57)27-53(38(56)52-31-9-4-3-5-10-31)26-28-11-13-33(14-12-28)58-45(49,50)51/h3-14,21-23,25,32,35-36,54,57H,15-20,24,26-27H2,1-2H3,(H,52,56)/t32?,35-,36-,39-,40+,41+,42-,43-/m1/s1. The van der Waals surface area contributed by atoms with Crippen LogP contribution in [0.5, 0.6) is 5.75 Å². The maximum absolute atomic E-state index is 14.8. The molecule has 0 saturated heterocycles. The molecule has 3 N–H and O–H groups in total. The highest BCUT2D eigenvalue weighted by Gasteiger charge is 2.74. The maximum atomic E-state index is 14.8. The third-order valence-electron chi connectivity index (χ3n) is 14.7. The van der Waals surface area contributed by atoms with Crippen molar-refractivity contribution in [3.8, 4) is 5.75 Å². The lowest BCUT2D eigenvalue weighted by atomic mass is 9.32. The van der Waals surface area contributed by atoms with Crippen LogP contribution in [-0.2, 0) is 12.7 Å². The number of carbonyl (C=O) groups excluding carboxylic acids is 2. The van der Waals surface area contributed by atoms with Gasteiger partial charge in [-0.05, 0) is 104 Å². The van der Waals surface area contributed by atoms with E-state index in [1.807, 2.05) is 13.0 Å². The number of aliphatic hydroxyl groups excluding tert-OH is 1. The van der Waals surface area contributed by atoms with E-state index in [4.69, 9.17) is 0 Å². The summed E-state index contributed by atoms with van der Waals surface area (Å²) in [5, 5.41) is 26.9. The molecule has 2 bridgehead atoms. The van der Waals surface area contributed by atoms with Gasteiger partial charge in [-0.25, -0.2) is 4.79 Å². The van der Waals surface area contributed by atoms with E-state index >= 15 is 0 Å². The predicted molar refractivity (Wildman–Crippen MR) is 203 cm³/mol. The monoisotopic (exact) mass is 808 g/mol. The Kier molecular flexibility index (Phi) is 9.51. The van der Waals surface area contributed by atoms with Crippen LogP contribution < -0.4 is 10.1 Å². The molecular weight excluding hydrogens is 762 g/mol. The fourth-order valence-corrected chi connectivity index (χ4v) is 11.8. The summed E-state index contributed by atoms with van der Waals surface area (Å²) in [7, 11) is 0. The van der Waals surface area contributed by atoms with E-state index in [9.17, 15) is 46.1 Å². The first-order valence-electron chi connectivity index (χ1n) is 19.7. The Morgan fingerprint density at radius 1 is 0.845 bits per heavy atom. The van der Waals surface area contributed by atoms with Crippen molar-refractivity contribution >= 4 is 17.5 Å². The minimum atomic E-state index is -4.88. The average molecular weight is 809 g/mol. The highest BCUT2D eigenvalue weighted by molar-refractivity contribution is 6.10. The van der Waals surface area contributed by atoms with Crippen molar-refractivity contribution in [1.82, 2.24) is 4.90 Å². The smallest absolute Gasteiger partial charge is 0.406 e. The van der Waals surface area contributed by atoms with Gasteiger partial charge in [0.05, 0.1) is 23.8 Å². The molecule has 7 nitrogen and oxygen atoms in total. The topological polar surface area (TPSA) is 99.1 Å². The number of anilines is 1. The first-order chi connectivity index (χ1) is 27.2. The summed E-state index contributed by atoms with van der Waals surface area (Å²) >= 11 is 0. The van der Waals surface area contributed by atoms with Crippen LogP contribution in [0.2, 0.25) is 0 Å². The van der Waals surface area contributed by atoms with E-state index in [0.717, 1.165) is 24.3 Å². The zero-order chi connectivity index (χ0) is 41.5. The Balaban J connectivity index is 1.18. The second-order valence-corrected chi connectivity index (χ2v) is 17.6. The lowest BCUT2D eigenvalue weighted by molar-refractivity contribution is -0.274. The van der Waals surface area contributed by atoms with E-state index in [1.165, 1.54) is 29.2 Å². The highest BCUT2D eigenvalue weighted by Crippen LogP contribution is 2.78. The van der Waals surface area contributed by atoms with Crippen LogP contribution in [0.25, 0.3) is 0 Å². The summed E-state index contributed by atoms with van der Waals surface area (Å²) in [6.45, 7) is 3.96. The summed E-state index contributed by atoms with van der Waals surface area (Å²) in [5.41, 5.74) is -4.09. The lowest BCUT2D eigenvalue weighted by Gasteiger charge is -2.71. The van der Waals surface area contributed by atoms with E-state index in [2.05, 4.69) is 29.1 Å². The number of ether oxygens (including phenoxy) is 1. The van der Waals surface area contributed by atoms with Gasteiger partial charge in [0.1, 0.15) is 5.75 Å². The zero-order valence-electron chi connectivity index (χ0n) is 32.2. The number of halogens is 6. The molecule has 8 atom stereocenters. The third-order valence-corrected chi connectivity index (χ3v) is 14.7. The van der Waals surface area contributed by atoms with Crippen LogP contribution in [0.3, 0.4) is 0 Å². The largest absolute Gasteiger partial charge is 0.573 e. The van der Waals surface area contributed by atoms with Gasteiger partial charge in [-0.2, -0.15) is 13.2 Å². The highest BCUT2D eigenvalue weighted by atomic mass is 19.4. The van der Waals surface area contributed by atoms with Crippen molar-refractivity contribution < 1.29 is 50.9 Å². The number of hydrogen-bond donors (Lipinski definition) is 3. The van der Waals surface area contributed by atoms with Crippen molar-refractivity contribution in [2.45, 2.75) is 89.6 Å². The molecule has 1 unspecified atom stereocenters. The summed E-state index contributed by atoms with van der Waals surface area (Å²) in [6.07, 6.45) is -0.611. The molecule has 3 fully saturated rings. The number of urea groups is 1. The molecule has 0 radical (unpaired) electrons. The number of aliphatic hydroxyl groups is 2. The molecule has 6 aliphatic carbocycles. The predicted octanol–water partition coefficient (Wildman–Crippen LogP) is 10.1. The minimum absolute atomic E-state index is 0.0657. The van der Waals surface area contributed by atoms with Gasteiger partial charge in [-0.3, -0.25) is 4.79 Å². The fraction of sp³-hybridized carbons (Fsp3) is 0.467. The molecule has 308 valence electrons. The number of para-hydroxylation sites is 1. The second-order valence-electron chi connectivity index (χ2n) is 17.6. The molecule has 0 heterocycles. The van der Waals surface area contributed by atoms with Crippen molar-refractivity contribution in [3.05, 3.63) is 119 Å². The Morgan fingerprint density at radius 2 is 1.52 bits per heavy atom. The summed E-state index contributed by atoms with van der Waals surface area (Å²) < 4.78 is 84.6. The number of hydrogen-bond acceptors (Lipinski definition) is 5. The molecule has 3 aromatic rings. The lowest BCUT2D eigenvalue weighted by Crippen LogP contribution is -2.67. The van der Waals surface area contributed by atoms with Crippen molar-refractivity contribution in [2.75, 3.05) is 11.9 Å². The molecule has 3 aromatic carbocycles. The van der Waals surface area contributed by atoms with E-state index < -0.39 is 63.6 Å². The maximum Gasteiger partial charge on any atom is 0.573 e. The number of fused-ring (bicyclic) bond motifs is 1. The Labute approximate surface area is 332 Å². The molecule has 0 aromatic heterocycles. The van der Waals surface area contributed by atoms with Crippen LogP contribution in [0, 0.1) is 33.5 Å². The van der Waals surface area contributed by atoms with Crippen molar-refractivity contribution in [3.63, 3.8) is 0 Å². The number of carbonyl (C=O) groups is 2. The summed E-state index contributed by atoms with van der Waals surface area (Å²) in [5.74, 6) is -1.41. The quantitative estimate of drug-likeness (QED) is 0.120. The number of allylic oxidation sites excluding steroid dienone is 4. The Bertz CT molecular complexity index is 2160. The van der Waals surface area contributed by atoms with Crippen LogP contribution in [-0.4, -0.2) is 51.5 Å². The zero-order valence-corrected chi connectivity index (χ0v) is 32.2. The number of amides is 2. The summed E-state index contributed by atoms with van der Waals surface area (Å²) in [4.78, 5) is 30.4. The van der Waals surface area contributed by atoms with Gasteiger partial charge < -0.3 is 25.2 Å². The Morgan fingerprint density at radius 3 is 2.21 bits per heavy atom. The molecular formula is C45H46F6N2O5. The number of rotatable bonds is 8. The molecule has 6 aliphatic rings. The number of Topliss-reactive ketones (excluding diaryl/α,β-unsaturated/α-hetero) is 1. The van der Waals surface area contributed by atoms with Crippen LogP contribution in [0.1, 0.15) is 80.3 Å². The summed E-state index contributed by atoms with van der Waals surface area (Å²) in [6, 6.07) is 17.8. The molecule has 2 spiro atoms. The Hall–Kier alpha value is -4.62. The third kappa shape index (κ3) is 6.43. The van der Waals surface area contributed by atoms with Gasteiger partial charge in [0.2, 0.25) is 0 Å². The molecule has 3 saturated carbocycles. The van der Waals surface area contributed by atoms with Crippen molar-refractivity contribution in [2.24, 2.45) is 33.5 Å². The second kappa shape index (κ2) is 13.7. The molecule has 9 rings (SSSR count). The normalized spacial score (nSPS) is 33.7. The number of alkyl halides is 6. The van der Waals surface area contributed by atoms with Gasteiger partial charge in [-0.1, -0.05) is 74.5 Å². The van der Waals surface area contributed by atoms with Gasteiger partial charge in [-0.15, -0.1) is 13.2 Å². The van der Waals surface area contributed by atoms with Crippen LogP contribution in [0.15, 0.2) is 103 Å². The molecule has 58 heavy (non-hydrogen) atoms. The number of nitrogens with one attached hydrogen (secondary N) is 1. The minimum Gasteiger partial charge on any atom is -0.406 e. The number of nitrogens with zero attached hydrogens (tertiary/aromatic N) is 1. The molecule has 2 amide bonds. The molecule has 0 aliphatic heterocycles. The fourth-order valence-electron chi connectivity index (χ4n) is 11.8. The number of ketones is 1. The van der Waals surface area contributed by atoms with Gasteiger partial charge in [0.25, 0.3) is 0 Å². The van der Waals surface area contributed by atoms with Crippen LogP contribution in [0.4, 0.5) is 36.8 Å². The molecule has 13 heteroatoms. The van der Waals surface area contributed by atoms with Gasteiger partial charge in [0.15, 0.2) is 5.78 Å². The van der Waals surface area contributed by atoms with E-state index in [0.29, 0.717) is 55.3 Å². The first kappa shape index (κ1) is 40.2. The van der Waals surface area contributed by atoms with Gasteiger partial charge >= 0.3 is 18.6 Å². The van der Waals surface area contributed by atoms with Crippen LogP contribution >= 0.6 is 0 Å². The van der Waals surface area contributed by atoms with E-state index in [-0.39, 0.29) is 42.3 Å². The first-order valence-corrected chi connectivity index (χ1v) is 19.7. The average Bonchev–Trinajstić information content (AvgIpc) is 3.44.